The summed E-state index contributed by atoms with van der Waals surface area (Å²) < 4.78 is 5.70. The van der Waals surface area contributed by atoms with Crippen molar-refractivity contribution >= 4 is 58.9 Å². The molecule has 2 aromatic rings. The van der Waals surface area contributed by atoms with Crippen LogP contribution in [0.15, 0.2) is 46.4 Å². The second-order valence-corrected chi connectivity index (χ2v) is 6.02. The van der Waals surface area contributed by atoms with E-state index >= 15 is 0 Å². The molecular formula is C16H10Cl2N2O3S. The van der Waals surface area contributed by atoms with Gasteiger partial charge in [-0.1, -0.05) is 23.2 Å². The van der Waals surface area contributed by atoms with Gasteiger partial charge in [0.2, 0.25) is 0 Å². The van der Waals surface area contributed by atoms with Crippen LogP contribution in [0.4, 0.5) is 5.69 Å². The van der Waals surface area contributed by atoms with Gasteiger partial charge < -0.3 is 4.74 Å². The first-order valence-corrected chi connectivity index (χ1v) is 8.46. The van der Waals surface area contributed by atoms with Crippen LogP contribution in [-0.2, 0) is 9.59 Å². The molecular weight excluding hydrogens is 371 g/mol. The molecule has 2 rings (SSSR count). The van der Waals surface area contributed by atoms with Crippen LogP contribution in [0.1, 0.15) is 0 Å². The van der Waals surface area contributed by atoms with E-state index in [1.165, 1.54) is 24.7 Å². The van der Waals surface area contributed by atoms with Gasteiger partial charge in [0.05, 0.1) is 15.7 Å². The molecule has 0 aliphatic heterocycles. The van der Waals surface area contributed by atoms with Crippen molar-refractivity contribution in [2.75, 3.05) is 11.7 Å². The van der Waals surface area contributed by atoms with Crippen molar-refractivity contribution < 1.29 is 14.3 Å². The summed E-state index contributed by atoms with van der Waals surface area (Å²) in [6, 6.07) is 10.4. The fourth-order valence-corrected chi connectivity index (χ4v) is 2.64. The van der Waals surface area contributed by atoms with Gasteiger partial charge in [0.25, 0.3) is 12.6 Å². The van der Waals surface area contributed by atoms with Crippen molar-refractivity contribution in [1.29, 1.82) is 0 Å². The molecule has 0 bridgehead atoms. The summed E-state index contributed by atoms with van der Waals surface area (Å²) in [5, 5.41) is 3.98. The summed E-state index contributed by atoms with van der Waals surface area (Å²) in [6.07, 6.45) is 4.63. The third kappa shape index (κ3) is 4.74. The molecule has 0 saturated heterocycles. The molecule has 0 aliphatic carbocycles. The average molecular weight is 381 g/mol. The summed E-state index contributed by atoms with van der Waals surface area (Å²) in [4.78, 5) is 21.8. The SMILES string of the molecule is CSc1ccc(Oc2c(Cl)cc(NN=C([C]=O)[C]=O)cc2Cl)cc1. The highest BCUT2D eigenvalue weighted by atomic mass is 35.5. The number of benzene rings is 2. The van der Waals surface area contributed by atoms with Gasteiger partial charge in [-0.15, -0.1) is 11.8 Å². The van der Waals surface area contributed by atoms with Crippen molar-refractivity contribution in [3.63, 3.8) is 0 Å². The highest BCUT2D eigenvalue weighted by Gasteiger charge is 2.11. The predicted octanol–water partition coefficient (Wildman–Crippen LogP) is 4.49. The van der Waals surface area contributed by atoms with Gasteiger partial charge in [-0.05, 0) is 42.7 Å². The van der Waals surface area contributed by atoms with E-state index in [0.29, 0.717) is 11.4 Å². The third-order valence-electron chi connectivity index (χ3n) is 2.77. The van der Waals surface area contributed by atoms with Crippen LogP contribution < -0.4 is 10.2 Å². The van der Waals surface area contributed by atoms with Gasteiger partial charge in [-0.25, -0.2) is 0 Å². The molecule has 5 nitrogen and oxygen atoms in total. The maximum Gasteiger partial charge on any atom is 0.259 e. The van der Waals surface area contributed by atoms with E-state index in [-0.39, 0.29) is 15.8 Å². The minimum absolute atomic E-state index is 0.237. The van der Waals surface area contributed by atoms with Crippen molar-refractivity contribution in [2.24, 2.45) is 5.10 Å². The second kappa shape index (κ2) is 8.73. The number of hydrogen-bond acceptors (Lipinski definition) is 6. The van der Waals surface area contributed by atoms with E-state index in [2.05, 4.69) is 10.5 Å². The zero-order valence-corrected chi connectivity index (χ0v) is 14.6. The van der Waals surface area contributed by atoms with Crippen molar-refractivity contribution in [3.8, 4) is 11.5 Å². The Balaban J connectivity index is 2.21. The molecule has 24 heavy (non-hydrogen) atoms. The zero-order chi connectivity index (χ0) is 17.5. The zero-order valence-electron chi connectivity index (χ0n) is 12.3. The molecule has 0 aliphatic rings. The molecule has 122 valence electrons. The first kappa shape index (κ1) is 18.3. The summed E-state index contributed by atoms with van der Waals surface area (Å²) in [5.74, 6) is 0.873. The maximum atomic E-state index is 10.4. The summed E-state index contributed by atoms with van der Waals surface area (Å²) in [7, 11) is 0. The summed E-state index contributed by atoms with van der Waals surface area (Å²) >= 11 is 14.0. The van der Waals surface area contributed by atoms with Crippen LogP contribution in [0, 0.1) is 0 Å². The van der Waals surface area contributed by atoms with Crippen molar-refractivity contribution in [1.82, 2.24) is 0 Å². The van der Waals surface area contributed by atoms with E-state index in [0.717, 1.165) is 4.90 Å². The predicted molar refractivity (Wildman–Crippen MR) is 97.2 cm³/mol. The van der Waals surface area contributed by atoms with Crippen LogP contribution in [0.5, 0.6) is 11.5 Å². The first-order chi connectivity index (χ1) is 11.6. The standard InChI is InChI=1S/C16H10Cl2N2O3S/c1-24-13-4-2-12(3-5-13)23-16-14(17)6-10(7-15(16)18)19-20-11(8-21)9-22/h2-7,19H,1H3. The topological polar surface area (TPSA) is 67.8 Å². The molecule has 0 spiro atoms. The number of nitrogens with zero attached hydrogens (tertiary/aromatic N) is 1. The Morgan fingerprint density at radius 1 is 1.12 bits per heavy atom. The number of thioether (sulfide) groups is 1. The molecule has 0 unspecified atom stereocenters. The van der Waals surface area contributed by atoms with E-state index < -0.39 is 5.71 Å². The minimum Gasteiger partial charge on any atom is -0.454 e. The molecule has 2 radical (unpaired) electrons. The number of ether oxygens (including phenoxy) is 1. The molecule has 8 heteroatoms. The number of rotatable bonds is 7. The minimum atomic E-state index is -0.531. The Morgan fingerprint density at radius 3 is 2.21 bits per heavy atom. The lowest BCUT2D eigenvalue weighted by Gasteiger charge is -2.11. The van der Waals surface area contributed by atoms with Gasteiger partial charge in [0.1, 0.15) is 5.75 Å². The normalized spacial score (nSPS) is 9.96. The Labute approximate surface area is 153 Å². The highest BCUT2D eigenvalue weighted by molar-refractivity contribution is 7.98. The molecule has 0 amide bonds. The second-order valence-electron chi connectivity index (χ2n) is 4.32. The third-order valence-corrected chi connectivity index (χ3v) is 4.07. The fourth-order valence-electron chi connectivity index (χ4n) is 1.67. The largest absolute Gasteiger partial charge is 0.454 e. The molecule has 2 aromatic carbocycles. The van der Waals surface area contributed by atoms with E-state index in [4.69, 9.17) is 27.9 Å². The Kier molecular flexibility index (Phi) is 6.66. The van der Waals surface area contributed by atoms with Crippen LogP contribution >= 0.6 is 35.0 Å². The maximum absolute atomic E-state index is 10.4. The molecule has 0 saturated carbocycles. The number of nitrogens with one attached hydrogen (secondary N) is 1. The van der Waals surface area contributed by atoms with E-state index in [1.54, 1.807) is 23.9 Å². The Hall–Kier alpha value is -2.02. The molecule has 0 atom stereocenters. The van der Waals surface area contributed by atoms with Crippen LogP contribution in [0.25, 0.3) is 0 Å². The highest BCUT2D eigenvalue weighted by Crippen LogP contribution is 2.39. The number of anilines is 1. The summed E-state index contributed by atoms with van der Waals surface area (Å²) in [6.45, 7) is 0. The molecule has 0 heterocycles. The molecule has 0 fully saturated rings. The lowest BCUT2D eigenvalue weighted by atomic mass is 10.3. The van der Waals surface area contributed by atoms with Gasteiger partial charge in [0, 0.05) is 4.90 Å². The number of hydrogen-bond donors (Lipinski definition) is 1. The summed E-state index contributed by atoms with van der Waals surface area (Å²) in [5.41, 5.74) is 2.31. The van der Waals surface area contributed by atoms with Crippen LogP contribution in [0.2, 0.25) is 10.0 Å². The van der Waals surface area contributed by atoms with Gasteiger partial charge in [-0.3, -0.25) is 15.0 Å². The van der Waals surface area contributed by atoms with E-state index in [9.17, 15) is 9.59 Å². The van der Waals surface area contributed by atoms with Crippen LogP contribution in [0.3, 0.4) is 0 Å². The first-order valence-electron chi connectivity index (χ1n) is 6.48. The smallest absolute Gasteiger partial charge is 0.259 e. The monoisotopic (exact) mass is 380 g/mol. The Morgan fingerprint density at radius 2 is 1.71 bits per heavy atom. The average Bonchev–Trinajstić information content (AvgIpc) is 2.59. The van der Waals surface area contributed by atoms with Crippen molar-refractivity contribution in [2.45, 2.75) is 4.90 Å². The molecule has 0 aromatic heterocycles. The van der Waals surface area contributed by atoms with Gasteiger partial charge in [-0.2, -0.15) is 5.10 Å². The number of hydrazone groups is 1. The molecule has 1 N–H and O–H groups in total. The van der Waals surface area contributed by atoms with Gasteiger partial charge >= 0.3 is 0 Å². The van der Waals surface area contributed by atoms with E-state index in [1.807, 2.05) is 18.4 Å². The number of halogens is 2. The van der Waals surface area contributed by atoms with Crippen molar-refractivity contribution in [3.05, 3.63) is 46.4 Å². The lowest BCUT2D eigenvalue weighted by molar-refractivity contribution is 0.483. The van der Waals surface area contributed by atoms with Gasteiger partial charge in [0.15, 0.2) is 11.5 Å². The lowest BCUT2D eigenvalue weighted by Crippen LogP contribution is -2.04. The Bertz CT molecular complexity index is 746. The quantitative estimate of drug-likeness (QED) is 0.331. The fraction of sp³-hybridized carbons (Fsp3) is 0.0625. The number of carbonyl (C=O) groups excluding carboxylic acids is 2. The van der Waals surface area contributed by atoms with Crippen LogP contribution in [-0.4, -0.2) is 24.5 Å².